The summed E-state index contributed by atoms with van der Waals surface area (Å²) in [6, 6.07) is 6.58. The van der Waals surface area contributed by atoms with Crippen LogP contribution >= 0.6 is 0 Å². The summed E-state index contributed by atoms with van der Waals surface area (Å²) in [4.78, 5) is 10.3. The van der Waals surface area contributed by atoms with Crippen molar-refractivity contribution < 1.29 is 9.49 Å². The molecule has 0 fully saturated rings. The van der Waals surface area contributed by atoms with E-state index in [1.54, 1.807) is 12.1 Å². The van der Waals surface area contributed by atoms with Crippen LogP contribution in [0, 0.1) is 16.0 Å². The summed E-state index contributed by atoms with van der Waals surface area (Å²) in [7, 11) is 0. The van der Waals surface area contributed by atoms with E-state index in [9.17, 15) is 10.1 Å². The second kappa shape index (κ2) is 5.68. The van der Waals surface area contributed by atoms with E-state index in [1.165, 1.54) is 12.1 Å². The van der Waals surface area contributed by atoms with Gasteiger partial charge in [0.1, 0.15) is 23.6 Å². The van der Waals surface area contributed by atoms with Crippen LogP contribution in [-0.2, 0) is 5.54 Å². The summed E-state index contributed by atoms with van der Waals surface area (Å²) in [5.41, 5.74) is 1.07. The molecular weight excluding hydrogens is 266 g/mol. The van der Waals surface area contributed by atoms with Gasteiger partial charge < -0.3 is 0 Å². The third-order valence-corrected chi connectivity index (χ3v) is 3.60. The van der Waals surface area contributed by atoms with Crippen molar-refractivity contribution in [3.8, 4) is 5.69 Å². The number of benzene rings is 1. The van der Waals surface area contributed by atoms with E-state index < -0.39 is 0 Å². The Balaban J connectivity index is 2.25. The van der Waals surface area contributed by atoms with Gasteiger partial charge in [0.05, 0.1) is 4.92 Å². The average Bonchev–Trinajstić information content (AvgIpc) is 2.87. The monoisotopic (exact) mass is 288 g/mol. The Labute approximate surface area is 125 Å². The lowest BCUT2D eigenvalue weighted by Gasteiger charge is -2.23. The first-order valence-corrected chi connectivity index (χ1v) is 7.14. The maximum Gasteiger partial charge on any atom is 0.269 e. The Morgan fingerprint density at radius 3 is 2.43 bits per heavy atom. The highest BCUT2D eigenvalue weighted by Gasteiger charge is 2.27. The van der Waals surface area contributed by atoms with E-state index in [4.69, 9.17) is 0 Å². The minimum absolute atomic E-state index is 0.0419. The molecule has 0 aliphatic heterocycles. The van der Waals surface area contributed by atoms with Gasteiger partial charge in [-0.15, -0.1) is 0 Å². The Kier molecular flexibility index (Phi) is 4.11. The highest BCUT2D eigenvalue weighted by molar-refractivity contribution is 5.40. The van der Waals surface area contributed by atoms with Gasteiger partial charge >= 0.3 is 0 Å². The van der Waals surface area contributed by atoms with Gasteiger partial charge in [-0.05, 0) is 38.3 Å². The van der Waals surface area contributed by atoms with Gasteiger partial charge in [0.2, 0.25) is 6.33 Å². The summed E-state index contributed by atoms with van der Waals surface area (Å²) in [5.74, 6) is 0.621. The first kappa shape index (κ1) is 15.2. The van der Waals surface area contributed by atoms with Gasteiger partial charge in [-0.2, -0.15) is 0 Å². The molecule has 5 heteroatoms. The van der Waals surface area contributed by atoms with Gasteiger partial charge in [-0.25, -0.2) is 9.13 Å². The predicted octanol–water partition coefficient (Wildman–Crippen LogP) is 3.45. The number of nitro benzene ring substituents is 1. The van der Waals surface area contributed by atoms with Crippen molar-refractivity contribution in [2.45, 2.75) is 39.7 Å². The average molecular weight is 288 g/mol. The third kappa shape index (κ3) is 3.48. The lowest BCUT2D eigenvalue weighted by molar-refractivity contribution is -0.758. The van der Waals surface area contributed by atoms with Crippen molar-refractivity contribution in [2.24, 2.45) is 5.92 Å². The number of hydrogen-bond acceptors (Lipinski definition) is 2. The second-order valence-corrected chi connectivity index (χ2v) is 6.41. The first-order valence-electron chi connectivity index (χ1n) is 7.14. The van der Waals surface area contributed by atoms with E-state index in [0.29, 0.717) is 5.92 Å². The second-order valence-electron chi connectivity index (χ2n) is 6.41. The number of non-ortho nitro benzene ring substituents is 1. The molecule has 2 rings (SSSR count). The van der Waals surface area contributed by atoms with Crippen LogP contribution in [0.25, 0.3) is 5.69 Å². The minimum atomic E-state index is -0.384. The standard InChI is InChI=1S/C16H22N3O2/c1-13(2)11-16(3,4)18-10-9-17(12-18)14-5-7-15(8-6-14)19(20)21/h5-10,12-13H,11H2,1-4H3/q+1. The molecule has 0 amide bonds. The Hall–Kier alpha value is -2.17. The number of rotatable bonds is 5. The molecule has 0 radical (unpaired) electrons. The lowest BCUT2D eigenvalue weighted by atomic mass is 9.93. The van der Waals surface area contributed by atoms with Crippen molar-refractivity contribution in [1.29, 1.82) is 0 Å². The fourth-order valence-electron chi connectivity index (χ4n) is 2.72. The third-order valence-electron chi connectivity index (χ3n) is 3.60. The number of nitro groups is 1. The highest BCUT2D eigenvalue weighted by Crippen LogP contribution is 2.19. The molecule has 0 bridgehead atoms. The lowest BCUT2D eigenvalue weighted by Crippen LogP contribution is -2.51. The highest BCUT2D eigenvalue weighted by atomic mass is 16.6. The molecule has 0 aliphatic carbocycles. The smallest absolute Gasteiger partial charge is 0.258 e. The molecule has 5 nitrogen and oxygen atoms in total. The molecule has 21 heavy (non-hydrogen) atoms. The zero-order valence-electron chi connectivity index (χ0n) is 13.0. The zero-order valence-corrected chi connectivity index (χ0v) is 13.0. The topological polar surface area (TPSA) is 52.0 Å². The molecule has 1 aromatic carbocycles. The molecule has 0 saturated heterocycles. The molecule has 0 N–H and O–H groups in total. The minimum Gasteiger partial charge on any atom is -0.258 e. The first-order chi connectivity index (χ1) is 9.79. The van der Waals surface area contributed by atoms with E-state index in [-0.39, 0.29) is 16.1 Å². The fraction of sp³-hybridized carbons (Fsp3) is 0.438. The fourth-order valence-corrected chi connectivity index (χ4v) is 2.72. The van der Waals surface area contributed by atoms with Crippen LogP contribution in [-0.4, -0.2) is 9.49 Å². The maximum absolute atomic E-state index is 10.7. The number of nitrogens with zero attached hydrogens (tertiary/aromatic N) is 3. The van der Waals surface area contributed by atoms with Crippen molar-refractivity contribution in [1.82, 2.24) is 4.57 Å². The van der Waals surface area contributed by atoms with Gasteiger partial charge in [-0.3, -0.25) is 10.1 Å². The summed E-state index contributed by atoms with van der Waals surface area (Å²) in [5, 5.41) is 10.7. The van der Waals surface area contributed by atoms with Gasteiger partial charge in [-0.1, -0.05) is 13.8 Å². The molecule has 0 saturated carbocycles. The van der Waals surface area contributed by atoms with Crippen molar-refractivity contribution in [3.05, 3.63) is 53.1 Å². The van der Waals surface area contributed by atoms with E-state index in [1.807, 2.05) is 23.3 Å². The number of hydrogen-bond donors (Lipinski definition) is 0. The van der Waals surface area contributed by atoms with Crippen LogP contribution in [0.1, 0.15) is 34.1 Å². The summed E-state index contributed by atoms with van der Waals surface area (Å²) in [6.45, 7) is 8.87. The van der Waals surface area contributed by atoms with Crippen LogP contribution in [0.5, 0.6) is 0 Å². The van der Waals surface area contributed by atoms with Crippen LogP contribution in [0.3, 0.4) is 0 Å². The molecule has 1 aromatic heterocycles. The summed E-state index contributed by atoms with van der Waals surface area (Å²) < 4.78 is 4.17. The molecule has 2 aromatic rings. The summed E-state index contributed by atoms with van der Waals surface area (Å²) >= 11 is 0. The normalized spacial score (nSPS) is 11.9. The molecule has 0 spiro atoms. The van der Waals surface area contributed by atoms with E-state index >= 15 is 0 Å². The molecule has 1 heterocycles. The molecule has 0 unspecified atom stereocenters. The number of imidazole rings is 1. The zero-order chi connectivity index (χ0) is 15.6. The molecular formula is C16H22N3O2+. The Bertz CT molecular complexity index is 627. The van der Waals surface area contributed by atoms with E-state index in [0.717, 1.165) is 12.1 Å². The van der Waals surface area contributed by atoms with Crippen molar-refractivity contribution in [2.75, 3.05) is 0 Å². The molecule has 0 aliphatic rings. The van der Waals surface area contributed by atoms with E-state index in [2.05, 4.69) is 32.3 Å². The molecule has 112 valence electrons. The Morgan fingerprint density at radius 1 is 1.29 bits per heavy atom. The van der Waals surface area contributed by atoms with Gasteiger partial charge in [0.25, 0.3) is 5.69 Å². The van der Waals surface area contributed by atoms with Crippen LogP contribution in [0.15, 0.2) is 43.0 Å². The van der Waals surface area contributed by atoms with Crippen LogP contribution in [0.4, 0.5) is 5.69 Å². The van der Waals surface area contributed by atoms with Gasteiger partial charge in [0, 0.05) is 12.1 Å². The SMILES string of the molecule is CC(C)CC(C)(C)[n+]1ccn(-c2ccc([N+](=O)[O-])cc2)c1. The summed E-state index contributed by atoms with van der Waals surface area (Å²) in [6.07, 6.45) is 7.14. The Morgan fingerprint density at radius 2 is 1.90 bits per heavy atom. The quantitative estimate of drug-likeness (QED) is 0.480. The van der Waals surface area contributed by atoms with Gasteiger partial charge in [0.15, 0.2) is 0 Å². The largest absolute Gasteiger partial charge is 0.269 e. The predicted molar refractivity (Wildman–Crippen MR) is 81.4 cm³/mol. The van der Waals surface area contributed by atoms with Crippen LogP contribution in [0.2, 0.25) is 0 Å². The molecule has 0 atom stereocenters. The number of aromatic nitrogens is 2. The van der Waals surface area contributed by atoms with Crippen LogP contribution < -0.4 is 4.57 Å². The van der Waals surface area contributed by atoms with Crippen molar-refractivity contribution >= 4 is 5.69 Å². The maximum atomic E-state index is 10.7. The van der Waals surface area contributed by atoms with Crippen molar-refractivity contribution in [3.63, 3.8) is 0 Å².